The average molecular weight is 326 g/mol. The molecule has 0 amide bonds. The summed E-state index contributed by atoms with van der Waals surface area (Å²) in [5, 5.41) is 2.31. The summed E-state index contributed by atoms with van der Waals surface area (Å²) < 4.78 is 5.89. The molecular weight excluding hydrogens is 315 g/mol. The molecule has 0 spiro atoms. The maximum absolute atomic E-state index is 11.3. The zero-order chi connectivity index (χ0) is 11.5. The largest absolute Gasteiger partial charge is 0.469 e. The molecule has 0 atom stereocenters. The molecule has 0 aliphatic carbocycles. The quantitative estimate of drug-likeness (QED) is 0.626. The van der Waals surface area contributed by atoms with Crippen molar-refractivity contribution in [3.05, 3.63) is 45.5 Å². The Bertz CT molecular complexity index is 534. The van der Waals surface area contributed by atoms with Gasteiger partial charge in [-0.1, -0.05) is 30.3 Å². The SMILES string of the molecule is COC(=O)Cc1cccc2c(I)cccc12. The molecule has 2 nitrogen and oxygen atoms in total. The Balaban J connectivity index is 2.54. The summed E-state index contributed by atoms with van der Waals surface area (Å²) in [6.45, 7) is 0. The van der Waals surface area contributed by atoms with Crippen LogP contribution < -0.4 is 0 Å². The summed E-state index contributed by atoms with van der Waals surface area (Å²) in [5.41, 5.74) is 1.02. The number of ether oxygens (including phenoxy) is 1. The Labute approximate surface area is 108 Å². The number of fused-ring (bicyclic) bond motifs is 1. The minimum atomic E-state index is -0.202. The van der Waals surface area contributed by atoms with Crippen molar-refractivity contribution < 1.29 is 9.53 Å². The van der Waals surface area contributed by atoms with Gasteiger partial charge in [-0.15, -0.1) is 0 Å². The number of hydrogen-bond donors (Lipinski definition) is 0. The molecule has 0 fully saturated rings. The second-order valence-corrected chi connectivity index (χ2v) is 4.67. The third-order valence-electron chi connectivity index (χ3n) is 2.52. The van der Waals surface area contributed by atoms with Gasteiger partial charge in [0.15, 0.2) is 0 Å². The first kappa shape index (κ1) is 11.4. The molecule has 0 unspecified atom stereocenters. The predicted octanol–water partition coefficient (Wildman–Crippen LogP) is 3.16. The number of halogens is 1. The number of methoxy groups -OCH3 is 1. The number of benzene rings is 2. The molecule has 2 aromatic rings. The van der Waals surface area contributed by atoms with Crippen molar-refractivity contribution in [3.63, 3.8) is 0 Å². The van der Waals surface area contributed by atoms with E-state index in [2.05, 4.69) is 34.7 Å². The Kier molecular flexibility index (Phi) is 3.43. The molecule has 0 aromatic heterocycles. The van der Waals surface area contributed by atoms with Crippen LogP contribution in [0.15, 0.2) is 36.4 Å². The van der Waals surface area contributed by atoms with Crippen LogP contribution in [0, 0.1) is 3.57 Å². The maximum Gasteiger partial charge on any atom is 0.309 e. The summed E-state index contributed by atoms with van der Waals surface area (Å²) in [4.78, 5) is 11.3. The number of hydrogen-bond acceptors (Lipinski definition) is 2. The van der Waals surface area contributed by atoms with E-state index in [0.717, 1.165) is 10.9 Å². The molecule has 16 heavy (non-hydrogen) atoms. The molecule has 0 radical (unpaired) electrons. The lowest BCUT2D eigenvalue weighted by atomic mass is 10.0. The van der Waals surface area contributed by atoms with Crippen LogP contribution in [0.1, 0.15) is 5.56 Å². The normalized spacial score (nSPS) is 10.4. The van der Waals surface area contributed by atoms with Gasteiger partial charge in [0.25, 0.3) is 0 Å². The van der Waals surface area contributed by atoms with Crippen LogP contribution >= 0.6 is 22.6 Å². The van der Waals surface area contributed by atoms with Crippen molar-refractivity contribution in [2.75, 3.05) is 7.11 Å². The van der Waals surface area contributed by atoms with Gasteiger partial charge < -0.3 is 4.74 Å². The highest BCUT2D eigenvalue weighted by atomic mass is 127. The van der Waals surface area contributed by atoms with Gasteiger partial charge in [0.1, 0.15) is 0 Å². The monoisotopic (exact) mass is 326 g/mol. The van der Waals surface area contributed by atoms with Crippen molar-refractivity contribution >= 4 is 39.3 Å². The molecule has 0 bridgehead atoms. The van der Waals surface area contributed by atoms with Gasteiger partial charge in [-0.3, -0.25) is 4.79 Å². The highest BCUT2D eigenvalue weighted by Crippen LogP contribution is 2.24. The second kappa shape index (κ2) is 4.82. The standard InChI is InChI=1S/C13H11IO2/c1-16-13(15)8-9-4-2-6-11-10(9)5-3-7-12(11)14/h2-7H,8H2,1H3. The Hall–Kier alpha value is -1.10. The van der Waals surface area contributed by atoms with Gasteiger partial charge in [-0.25, -0.2) is 0 Å². The number of carbonyl (C=O) groups excluding carboxylic acids is 1. The van der Waals surface area contributed by atoms with Gasteiger partial charge in [0, 0.05) is 3.57 Å². The third-order valence-corrected chi connectivity index (χ3v) is 3.46. The minimum Gasteiger partial charge on any atom is -0.469 e. The summed E-state index contributed by atoms with van der Waals surface area (Å²) >= 11 is 2.30. The van der Waals surface area contributed by atoms with E-state index < -0.39 is 0 Å². The molecule has 82 valence electrons. The summed E-state index contributed by atoms with van der Waals surface area (Å²) in [6.07, 6.45) is 0.327. The van der Waals surface area contributed by atoms with E-state index in [1.54, 1.807) is 0 Å². The first-order valence-electron chi connectivity index (χ1n) is 4.95. The van der Waals surface area contributed by atoms with Crippen LogP contribution in [0.3, 0.4) is 0 Å². The highest BCUT2D eigenvalue weighted by molar-refractivity contribution is 14.1. The Morgan fingerprint density at radius 2 is 1.88 bits per heavy atom. The Morgan fingerprint density at radius 1 is 1.19 bits per heavy atom. The van der Waals surface area contributed by atoms with Crippen LogP contribution in [0.2, 0.25) is 0 Å². The first-order chi connectivity index (χ1) is 7.72. The van der Waals surface area contributed by atoms with Gasteiger partial charge >= 0.3 is 5.97 Å². The van der Waals surface area contributed by atoms with Gasteiger partial charge in [-0.2, -0.15) is 0 Å². The summed E-state index contributed by atoms with van der Waals surface area (Å²) in [5.74, 6) is -0.202. The maximum atomic E-state index is 11.3. The molecular formula is C13H11IO2. The van der Waals surface area contributed by atoms with E-state index in [0.29, 0.717) is 6.42 Å². The lowest BCUT2D eigenvalue weighted by Gasteiger charge is -2.06. The zero-order valence-electron chi connectivity index (χ0n) is 8.87. The highest BCUT2D eigenvalue weighted by Gasteiger charge is 2.07. The number of carbonyl (C=O) groups is 1. The molecule has 0 saturated heterocycles. The molecule has 2 rings (SSSR count). The van der Waals surface area contributed by atoms with E-state index in [1.165, 1.54) is 16.1 Å². The van der Waals surface area contributed by atoms with Crippen LogP contribution in [-0.2, 0) is 16.0 Å². The molecule has 0 N–H and O–H groups in total. The second-order valence-electron chi connectivity index (χ2n) is 3.51. The van der Waals surface area contributed by atoms with Crippen molar-refractivity contribution in [2.45, 2.75) is 6.42 Å². The predicted molar refractivity (Wildman–Crippen MR) is 72.4 cm³/mol. The van der Waals surface area contributed by atoms with Crippen LogP contribution in [0.25, 0.3) is 10.8 Å². The smallest absolute Gasteiger partial charge is 0.309 e. The van der Waals surface area contributed by atoms with Crippen molar-refractivity contribution in [1.82, 2.24) is 0 Å². The van der Waals surface area contributed by atoms with E-state index in [-0.39, 0.29) is 5.97 Å². The summed E-state index contributed by atoms with van der Waals surface area (Å²) in [6, 6.07) is 12.1. The van der Waals surface area contributed by atoms with Gasteiger partial charge in [-0.05, 0) is 45.0 Å². The van der Waals surface area contributed by atoms with E-state index >= 15 is 0 Å². The molecule has 2 aromatic carbocycles. The van der Waals surface area contributed by atoms with Crippen molar-refractivity contribution in [2.24, 2.45) is 0 Å². The first-order valence-corrected chi connectivity index (χ1v) is 6.03. The molecule has 3 heteroatoms. The fourth-order valence-electron chi connectivity index (χ4n) is 1.72. The average Bonchev–Trinajstić information content (AvgIpc) is 2.30. The lowest BCUT2D eigenvalue weighted by molar-refractivity contribution is -0.139. The zero-order valence-corrected chi connectivity index (χ0v) is 11.0. The lowest BCUT2D eigenvalue weighted by Crippen LogP contribution is -2.04. The number of rotatable bonds is 2. The van der Waals surface area contributed by atoms with Crippen LogP contribution in [-0.4, -0.2) is 13.1 Å². The molecule has 0 aliphatic rings. The fraction of sp³-hybridized carbons (Fsp3) is 0.154. The van der Waals surface area contributed by atoms with Crippen LogP contribution in [0.5, 0.6) is 0 Å². The van der Waals surface area contributed by atoms with E-state index in [9.17, 15) is 4.79 Å². The Morgan fingerprint density at radius 3 is 2.62 bits per heavy atom. The van der Waals surface area contributed by atoms with Crippen molar-refractivity contribution in [3.8, 4) is 0 Å². The third kappa shape index (κ3) is 2.19. The fourth-order valence-corrected chi connectivity index (χ4v) is 2.40. The topological polar surface area (TPSA) is 26.3 Å². The summed E-state index contributed by atoms with van der Waals surface area (Å²) in [7, 11) is 1.41. The molecule has 0 saturated carbocycles. The molecule has 0 heterocycles. The van der Waals surface area contributed by atoms with E-state index in [1.807, 2.05) is 24.3 Å². The number of esters is 1. The minimum absolute atomic E-state index is 0.202. The van der Waals surface area contributed by atoms with E-state index in [4.69, 9.17) is 4.74 Å². The van der Waals surface area contributed by atoms with Crippen LogP contribution in [0.4, 0.5) is 0 Å². The molecule has 0 aliphatic heterocycles. The van der Waals surface area contributed by atoms with Gasteiger partial charge in [0.05, 0.1) is 13.5 Å². The van der Waals surface area contributed by atoms with Gasteiger partial charge in [0.2, 0.25) is 0 Å². The van der Waals surface area contributed by atoms with Crippen molar-refractivity contribution in [1.29, 1.82) is 0 Å².